The molecule has 0 aliphatic carbocycles. The van der Waals surface area contributed by atoms with Gasteiger partial charge in [0.05, 0.1) is 0 Å². The van der Waals surface area contributed by atoms with Gasteiger partial charge in [-0.2, -0.15) is 18.2 Å². The Hall–Kier alpha value is -2.57. The molecule has 0 spiro atoms. The molecule has 0 bridgehead atoms. The van der Waals surface area contributed by atoms with Crippen LogP contribution in [0, 0.1) is 0 Å². The van der Waals surface area contributed by atoms with Gasteiger partial charge in [-0.25, -0.2) is 12.1 Å². The molecule has 0 unspecified atom stereocenters. The average molecular weight is 755 g/mol. The van der Waals surface area contributed by atoms with E-state index in [9.17, 15) is 0 Å². The van der Waals surface area contributed by atoms with E-state index in [0.29, 0.717) is 11.8 Å². The van der Waals surface area contributed by atoms with Crippen molar-refractivity contribution in [3.63, 3.8) is 0 Å². The number of fused-ring (bicyclic) bond motifs is 3. The van der Waals surface area contributed by atoms with Gasteiger partial charge < -0.3 is 0 Å². The maximum atomic E-state index is 6.44. The van der Waals surface area contributed by atoms with Crippen LogP contribution in [0.4, 0.5) is 0 Å². The summed E-state index contributed by atoms with van der Waals surface area (Å²) in [6.07, 6.45) is 0. The Morgan fingerprint density at radius 1 is 0.562 bits per heavy atom. The van der Waals surface area contributed by atoms with Gasteiger partial charge in [-0.3, -0.25) is 0 Å². The van der Waals surface area contributed by atoms with Crippen molar-refractivity contribution < 1.29 is 18.9 Å². The minimum Gasteiger partial charge on any atom is -0.214 e. The first-order chi connectivity index (χ1) is 22.6. The van der Waals surface area contributed by atoms with Crippen LogP contribution >= 0.6 is 17.0 Å². The van der Waals surface area contributed by atoms with Crippen molar-refractivity contribution >= 4 is 41.8 Å². The van der Waals surface area contributed by atoms with Gasteiger partial charge in [0.25, 0.3) is 0 Å². The molecule has 6 rings (SSSR count). The molecular weight excluding hydrogens is 703 g/mol. The first-order valence-electron chi connectivity index (χ1n) is 17.1. The molecule has 0 saturated carbocycles. The SMILES string of the molecule is CC(C)(C)c1ccc2[cH-]c3ccc(C(C)(C)C)cc3c2c1.CC(C)c1ccc([C](c2ccc(C(C)C)cc2)=[Zr]([Cl])[Cl])cc1.c1cc[cH-]c1. The van der Waals surface area contributed by atoms with Gasteiger partial charge in [-0.15, -0.1) is 39.7 Å². The molecule has 0 aliphatic heterocycles. The first-order valence-corrected chi connectivity index (χ1v) is 24.7. The third-order valence-corrected chi connectivity index (χ3v) is 13.5. The summed E-state index contributed by atoms with van der Waals surface area (Å²) in [7, 11) is 12.9. The van der Waals surface area contributed by atoms with Gasteiger partial charge in [0.15, 0.2) is 0 Å². The maximum Gasteiger partial charge on any atom is -0.172 e. The molecule has 0 fully saturated rings. The normalized spacial score (nSPS) is 11.7. The molecule has 0 radical (unpaired) electrons. The fourth-order valence-electron chi connectivity index (χ4n) is 5.71. The Bertz CT molecular complexity index is 1780. The number of hydrogen-bond donors (Lipinski definition) is 0. The van der Waals surface area contributed by atoms with E-state index in [1.54, 1.807) is 0 Å². The minimum atomic E-state index is -2.55. The first kappa shape index (κ1) is 38.2. The van der Waals surface area contributed by atoms with E-state index in [1.807, 2.05) is 30.3 Å². The van der Waals surface area contributed by atoms with E-state index in [-0.39, 0.29) is 10.8 Å². The largest absolute Gasteiger partial charge is 0.214 e. The van der Waals surface area contributed by atoms with Crippen LogP contribution in [0.3, 0.4) is 0 Å². The third kappa shape index (κ3) is 10.0. The molecule has 0 atom stereocenters. The summed E-state index contributed by atoms with van der Waals surface area (Å²) in [4.78, 5) is 0. The van der Waals surface area contributed by atoms with Crippen molar-refractivity contribution in [3.8, 4) is 0 Å². The van der Waals surface area contributed by atoms with Crippen LogP contribution in [-0.2, 0) is 29.7 Å². The van der Waals surface area contributed by atoms with E-state index < -0.39 is 18.9 Å². The fourth-order valence-corrected chi connectivity index (χ4v) is 10.2. The second-order valence-electron chi connectivity index (χ2n) is 15.4. The summed E-state index contributed by atoms with van der Waals surface area (Å²) < 4.78 is 1.16. The maximum absolute atomic E-state index is 6.44. The summed E-state index contributed by atoms with van der Waals surface area (Å²) in [6, 6.07) is 43.5. The molecule has 0 nitrogen and oxygen atoms in total. The van der Waals surface area contributed by atoms with E-state index >= 15 is 0 Å². The van der Waals surface area contributed by atoms with Crippen LogP contribution in [0.15, 0.2) is 121 Å². The second kappa shape index (κ2) is 16.4. The predicted molar refractivity (Wildman–Crippen MR) is 212 cm³/mol. The van der Waals surface area contributed by atoms with Crippen molar-refractivity contribution in [2.45, 2.75) is 91.9 Å². The van der Waals surface area contributed by atoms with Crippen LogP contribution in [0.25, 0.3) is 21.5 Å². The molecule has 0 amide bonds. The molecule has 6 aromatic rings. The summed E-state index contributed by atoms with van der Waals surface area (Å²) in [5, 5.41) is 5.49. The summed E-state index contributed by atoms with van der Waals surface area (Å²) in [5.74, 6) is 1.07. The molecule has 0 saturated heterocycles. The number of halogens is 2. The van der Waals surface area contributed by atoms with E-state index in [2.05, 4.69) is 160 Å². The molecule has 0 N–H and O–H groups in total. The minimum absolute atomic E-state index is 0.194. The third-order valence-electron chi connectivity index (χ3n) is 8.92. The topological polar surface area (TPSA) is 0 Å². The Kier molecular flexibility index (Phi) is 13.1. The Labute approximate surface area is 305 Å². The molecular formula is C45H52Cl2Zr-2. The smallest absolute Gasteiger partial charge is 0.172 e. The van der Waals surface area contributed by atoms with Crippen LogP contribution in [-0.4, -0.2) is 3.21 Å². The van der Waals surface area contributed by atoms with Gasteiger partial charge in [0.1, 0.15) is 0 Å². The molecule has 252 valence electrons. The van der Waals surface area contributed by atoms with E-state index in [0.717, 1.165) is 3.21 Å². The zero-order valence-corrected chi connectivity index (χ0v) is 34.4. The average Bonchev–Trinajstić information content (AvgIpc) is 3.73. The Morgan fingerprint density at radius 2 is 0.938 bits per heavy atom. The van der Waals surface area contributed by atoms with Gasteiger partial charge in [0.2, 0.25) is 0 Å². The quantitative estimate of drug-likeness (QED) is 0.157. The Morgan fingerprint density at radius 3 is 1.21 bits per heavy atom. The number of hydrogen-bond acceptors (Lipinski definition) is 0. The summed E-state index contributed by atoms with van der Waals surface area (Å²) >= 11 is -2.55. The molecule has 0 aromatic heterocycles. The van der Waals surface area contributed by atoms with Crippen LogP contribution in [0.5, 0.6) is 0 Å². The fraction of sp³-hybridized carbons (Fsp3) is 0.311. The number of benzene rings is 4. The zero-order valence-electron chi connectivity index (χ0n) is 30.5. The summed E-state index contributed by atoms with van der Waals surface area (Å²) in [5.41, 5.74) is 8.22. The summed E-state index contributed by atoms with van der Waals surface area (Å²) in [6.45, 7) is 22.5. The van der Waals surface area contributed by atoms with Crippen LogP contribution in [0.1, 0.15) is 114 Å². The van der Waals surface area contributed by atoms with Crippen molar-refractivity contribution in [2.24, 2.45) is 0 Å². The van der Waals surface area contributed by atoms with Crippen LogP contribution in [0.2, 0.25) is 0 Å². The molecule has 3 heteroatoms. The van der Waals surface area contributed by atoms with Gasteiger partial charge in [-0.05, 0) is 10.8 Å². The monoisotopic (exact) mass is 752 g/mol. The predicted octanol–water partition coefficient (Wildman–Crippen LogP) is 14.1. The zero-order chi connectivity index (χ0) is 35.2. The second-order valence-corrected chi connectivity index (χ2v) is 23.5. The van der Waals surface area contributed by atoms with Crippen LogP contribution < -0.4 is 0 Å². The van der Waals surface area contributed by atoms with E-state index in [4.69, 9.17) is 17.0 Å². The van der Waals surface area contributed by atoms with Crippen molar-refractivity contribution in [3.05, 3.63) is 155 Å². The van der Waals surface area contributed by atoms with Crippen molar-refractivity contribution in [1.82, 2.24) is 0 Å². The molecule has 48 heavy (non-hydrogen) atoms. The molecule has 0 aliphatic rings. The van der Waals surface area contributed by atoms with Gasteiger partial charge in [-0.1, -0.05) is 76.9 Å². The Balaban J connectivity index is 0.000000189. The number of rotatable bonds is 4. The molecule has 6 aromatic carbocycles. The van der Waals surface area contributed by atoms with E-state index in [1.165, 1.54) is 54.9 Å². The van der Waals surface area contributed by atoms with Gasteiger partial charge >= 0.3 is 149 Å². The standard InChI is InChI=1S/C21H25.C19H22.C5H5.2ClH.Zr/c1-20(2,3)16-9-7-14-11-15-8-10-17(21(4,5)6)13-19(15)18(14)12-16;1-14(2)18-9-5-16(6-10-18)13-17-7-11-19(12-8-17)15(3)4;1-2-4-5-3-1;;;/h7-13H,1-6H3;5-12,14-15H,1-4H3;1-5H;2*1H;/q-1;;-1;;;+2/p-2. The molecule has 0 heterocycles. The van der Waals surface area contributed by atoms with Crippen molar-refractivity contribution in [1.29, 1.82) is 0 Å². The van der Waals surface area contributed by atoms with Gasteiger partial charge in [0, 0.05) is 0 Å². The van der Waals surface area contributed by atoms with Crippen molar-refractivity contribution in [2.75, 3.05) is 0 Å².